The lowest BCUT2D eigenvalue weighted by molar-refractivity contribution is -0.385. The number of nitro benzene ring substituents is 1. The number of nitro groups is 1. The van der Waals surface area contributed by atoms with Gasteiger partial charge >= 0.3 is 5.97 Å². The van der Waals surface area contributed by atoms with Crippen LogP contribution in [0.5, 0.6) is 0 Å². The first kappa shape index (κ1) is 20.7. The largest absolute Gasteiger partial charge is 0.454 e. The maximum absolute atomic E-state index is 12.6. The lowest BCUT2D eigenvalue weighted by atomic mass is 10.1. The third kappa shape index (κ3) is 4.21. The summed E-state index contributed by atoms with van der Waals surface area (Å²) in [5.74, 6) is -1.27. The summed E-state index contributed by atoms with van der Waals surface area (Å²) in [7, 11) is -3.08. The Kier molecular flexibility index (Phi) is 5.56. The first-order chi connectivity index (χ1) is 13.6. The summed E-state index contributed by atoms with van der Waals surface area (Å²) >= 11 is 0. The molecule has 1 saturated heterocycles. The van der Waals surface area contributed by atoms with Gasteiger partial charge in [-0.05, 0) is 32.4 Å². The molecule has 0 spiro atoms. The molecule has 1 aromatic heterocycles. The molecular formula is C19H20N2O7S. The molecule has 0 amide bonds. The Morgan fingerprint density at radius 3 is 2.55 bits per heavy atom. The van der Waals surface area contributed by atoms with Gasteiger partial charge in [-0.2, -0.15) is 0 Å². The van der Waals surface area contributed by atoms with Gasteiger partial charge in [0.05, 0.1) is 16.4 Å². The van der Waals surface area contributed by atoms with Crippen LogP contribution in [0, 0.1) is 24.0 Å². The number of ketones is 1. The highest BCUT2D eigenvalue weighted by Crippen LogP contribution is 2.29. The second-order valence-electron chi connectivity index (χ2n) is 6.99. The van der Waals surface area contributed by atoms with Gasteiger partial charge in [-0.15, -0.1) is 0 Å². The standard InChI is InChI=1S/C19H20N2O7S/c1-12-9-16(13(2)20(12)14-7-8-29(26,27)11-14)18(22)10-28-19(23)15-5-3-4-6-17(15)21(24)25/h3-6,9,14H,7-8,10-11H2,1-2H3. The van der Waals surface area contributed by atoms with Gasteiger partial charge in [-0.25, -0.2) is 13.2 Å². The number of ether oxygens (including phenoxy) is 1. The number of esters is 1. The molecule has 1 aliphatic heterocycles. The number of para-hydroxylation sites is 1. The minimum atomic E-state index is -3.08. The summed E-state index contributed by atoms with van der Waals surface area (Å²) in [4.78, 5) is 35.1. The molecule has 1 atom stereocenters. The van der Waals surface area contributed by atoms with Gasteiger partial charge in [-0.1, -0.05) is 12.1 Å². The van der Waals surface area contributed by atoms with E-state index >= 15 is 0 Å². The van der Waals surface area contributed by atoms with E-state index in [0.717, 1.165) is 5.69 Å². The predicted octanol–water partition coefficient (Wildman–Crippen LogP) is 2.41. The van der Waals surface area contributed by atoms with Gasteiger partial charge in [-0.3, -0.25) is 14.9 Å². The van der Waals surface area contributed by atoms with E-state index < -0.39 is 38.8 Å². The molecule has 1 aliphatic rings. The Bertz CT molecular complexity index is 1100. The Hall–Kier alpha value is -3.01. The van der Waals surface area contributed by atoms with Crippen LogP contribution in [0.25, 0.3) is 0 Å². The van der Waals surface area contributed by atoms with Crippen LogP contribution < -0.4 is 0 Å². The first-order valence-electron chi connectivity index (χ1n) is 8.93. The summed E-state index contributed by atoms with van der Waals surface area (Å²) in [6.45, 7) is 2.93. The summed E-state index contributed by atoms with van der Waals surface area (Å²) in [6, 6.07) is 6.75. The number of Topliss-reactive ketones (excluding diaryl/α,β-unsaturated/α-hetero) is 1. The first-order valence-corrected chi connectivity index (χ1v) is 10.8. The number of carbonyl (C=O) groups is 2. The van der Waals surface area contributed by atoms with Crippen LogP contribution in [0.3, 0.4) is 0 Å². The molecule has 1 unspecified atom stereocenters. The second kappa shape index (κ2) is 7.78. The lowest BCUT2D eigenvalue weighted by Gasteiger charge is -2.16. The van der Waals surface area contributed by atoms with Crippen LogP contribution in [0.2, 0.25) is 0 Å². The quantitative estimate of drug-likeness (QED) is 0.304. The number of nitrogens with zero attached hydrogens (tertiary/aromatic N) is 2. The average molecular weight is 420 g/mol. The fourth-order valence-electron chi connectivity index (χ4n) is 3.69. The minimum Gasteiger partial charge on any atom is -0.454 e. The highest BCUT2D eigenvalue weighted by molar-refractivity contribution is 7.91. The number of aromatic nitrogens is 1. The highest BCUT2D eigenvalue weighted by atomic mass is 32.2. The number of rotatable bonds is 6. The Labute approximate surface area is 167 Å². The van der Waals surface area contributed by atoms with Crippen LogP contribution in [-0.4, -0.2) is 47.8 Å². The Balaban J connectivity index is 1.75. The van der Waals surface area contributed by atoms with E-state index in [1.807, 2.05) is 4.57 Å². The van der Waals surface area contributed by atoms with Gasteiger partial charge in [0.1, 0.15) is 5.56 Å². The Morgan fingerprint density at radius 2 is 1.93 bits per heavy atom. The van der Waals surface area contributed by atoms with Crippen molar-refractivity contribution in [1.82, 2.24) is 4.57 Å². The van der Waals surface area contributed by atoms with Crippen LogP contribution in [0.1, 0.15) is 44.6 Å². The van der Waals surface area contributed by atoms with Gasteiger partial charge in [0, 0.05) is 29.1 Å². The van der Waals surface area contributed by atoms with Crippen LogP contribution in [0.4, 0.5) is 5.69 Å². The molecule has 1 aromatic carbocycles. The third-order valence-electron chi connectivity index (χ3n) is 5.01. The summed E-state index contributed by atoms with van der Waals surface area (Å²) in [5.41, 5.74) is 1.06. The third-order valence-corrected chi connectivity index (χ3v) is 6.76. The number of hydrogen-bond donors (Lipinski definition) is 0. The molecule has 9 nitrogen and oxygen atoms in total. The van der Waals surface area contributed by atoms with Crippen molar-refractivity contribution in [2.75, 3.05) is 18.1 Å². The van der Waals surface area contributed by atoms with Gasteiger partial charge in [0.2, 0.25) is 5.78 Å². The molecule has 1 fully saturated rings. The molecule has 2 aromatic rings. The number of benzene rings is 1. The van der Waals surface area contributed by atoms with Crippen molar-refractivity contribution in [3.63, 3.8) is 0 Å². The molecule has 3 rings (SSSR count). The number of sulfone groups is 1. The van der Waals surface area contributed by atoms with Crippen molar-refractivity contribution in [3.8, 4) is 0 Å². The van der Waals surface area contributed by atoms with E-state index in [1.54, 1.807) is 19.9 Å². The normalized spacial score (nSPS) is 17.8. The summed E-state index contributed by atoms with van der Waals surface area (Å²) in [5, 5.41) is 11.0. The van der Waals surface area contributed by atoms with Crippen molar-refractivity contribution in [2.24, 2.45) is 0 Å². The van der Waals surface area contributed by atoms with Gasteiger partial charge < -0.3 is 9.30 Å². The summed E-state index contributed by atoms with van der Waals surface area (Å²) < 4.78 is 30.4. The lowest BCUT2D eigenvalue weighted by Crippen LogP contribution is -2.17. The average Bonchev–Trinajstić information content (AvgIpc) is 3.17. The maximum Gasteiger partial charge on any atom is 0.345 e. The predicted molar refractivity (Wildman–Crippen MR) is 104 cm³/mol. The fourth-order valence-corrected chi connectivity index (χ4v) is 5.39. The molecule has 0 saturated carbocycles. The van der Waals surface area contributed by atoms with E-state index in [9.17, 15) is 28.1 Å². The van der Waals surface area contributed by atoms with Gasteiger partial charge in [0.25, 0.3) is 5.69 Å². The highest BCUT2D eigenvalue weighted by Gasteiger charge is 2.32. The van der Waals surface area contributed by atoms with Crippen molar-refractivity contribution in [1.29, 1.82) is 0 Å². The number of carbonyl (C=O) groups excluding carboxylic acids is 2. The van der Waals surface area contributed by atoms with E-state index in [2.05, 4.69) is 0 Å². The zero-order valence-electron chi connectivity index (χ0n) is 16.0. The maximum atomic E-state index is 12.6. The van der Waals surface area contributed by atoms with Crippen LogP contribution in [-0.2, 0) is 14.6 Å². The van der Waals surface area contributed by atoms with Crippen LogP contribution >= 0.6 is 0 Å². The molecule has 0 radical (unpaired) electrons. The van der Waals surface area contributed by atoms with Crippen molar-refractivity contribution in [3.05, 3.63) is 63.0 Å². The molecule has 29 heavy (non-hydrogen) atoms. The number of hydrogen-bond acceptors (Lipinski definition) is 7. The Morgan fingerprint density at radius 1 is 1.24 bits per heavy atom. The second-order valence-corrected chi connectivity index (χ2v) is 9.21. The topological polar surface area (TPSA) is 126 Å². The zero-order valence-corrected chi connectivity index (χ0v) is 16.8. The fraction of sp³-hybridized carbons (Fsp3) is 0.368. The monoisotopic (exact) mass is 420 g/mol. The molecule has 0 N–H and O–H groups in total. The van der Waals surface area contributed by atoms with E-state index in [-0.39, 0.29) is 23.1 Å². The molecule has 0 aliphatic carbocycles. The van der Waals surface area contributed by atoms with Crippen LogP contribution in [0.15, 0.2) is 30.3 Å². The SMILES string of the molecule is Cc1cc(C(=O)COC(=O)c2ccccc2[N+](=O)[O-])c(C)n1C1CCS(=O)(=O)C1. The van der Waals surface area contributed by atoms with Crippen molar-refractivity contribution >= 4 is 27.3 Å². The molecular weight excluding hydrogens is 400 g/mol. The van der Waals surface area contributed by atoms with Crippen molar-refractivity contribution < 1.29 is 27.7 Å². The van der Waals surface area contributed by atoms with E-state index in [0.29, 0.717) is 17.7 Å². The van der Waals surface area contributed by atoms with Gasteiger partial charge in [0.15, 0.2) is 16.4 Å². The molecule has 10 heteroatoms. The van der Waals surface area contributed by atoms with E-state index in [4.69, 9.17) is 4.74 Å². The zero-order chi connectivity index (χ0) is 21.3. The molecule has 0 bridgehead atoms. The summed E-state index contributed by atoms with van der Waals surface area (Å²) in [6.07, 6.45) is 0.485. The smallest absolute Gasteiger partial charge is 0.345 e. The molecule has 154 valence electrons. The van der Waals surface area contributed by atoms with Crippen molar-refractivity contribution in [2.45, 2.75) is 26.3 Å². The molecule has 2 heterocycles. The minimum absolute atomic E-state index is 0.0314. The van der Waals surface area contributed by atoms with E-state index in [1.165, 1.54) is 24.3 Å². The number of aryl methyl sites for hydroxylation is 1.